The molecule has 0 aromatic carbocycles. The number of fused-ring (bicyclic) bond motifs is 5. The number of cyclic esters (lactones) is 1. The van der Waals surface area contributed by atoms with Crippen molar-refractivity contribution in [2.45, 2.75) is 89.9 Å². The number of hydrogen-bond donors (Lipinski definition) is 2. The second kappa shape index (κ2) is 7.05. The molecule has 6 nitrogen and oxygen atoms in total. The lowest BCUT2D eigenvalue weighted by Gasteiger charge is -2.65. The van der Waals surface area contributed by atoms with Crippen LogP contribution in [0.3, 0.4) is 0 Å². The molecular weight excluding hydrogens is 396 g/mol. The van der Waals surface area contributed by atoms with Crippen molar-refractivity contribution >= 4 is 11.9 Å². The monoisotopic (exact) mass is 432 g/mol. The summed E-state index contributed by atoms with van der Waals surface area (Å²) in [6, 6.07) is 0. The zero-order valence-corrected chi connectivity index (χ0v) is 18.9. The summed E-state index contributed by atoms with van der Waals surface area (Å²) < 4.78 is 11.0. The van der Waals surface area contributed by atoms with Crippen LogP contribution in [0.1, 0.15) is 72.1 Å². The fraction of sp³-hybridized carbons (Fsp3) is 0.840. The molecule has 9 atom stereocenters. The van der Waals surface area contributed by atoms with Crippen molar-refractivity contribution in [3.05, 3.63) is 11.6 Å². The molecule has 0 radical (unpaired) electrons. The average molecular weight is 433 g/mol. The Labute approximate surface area is 184 Å². The van der Waals surface area contributed by atoms with Crippen molar-refractivity contribution in [3.8, 4) is 0 Å². The van der Waals surface area contributed by atoms with Crippen LogP contribution in [0, 0.1) is 34.5 Å². The maximum atomic E-state index is 12.0. The van der Waals surface area contributed by atoms with Crippen LogP contribution in [0.15, 0.2) is 11.6 Å². The van der Waals surface area contributed by atoms with E-state index < -0.39 is 17.8 Å². The van der Waals surface area contributed by atoms with Gasteiger partial charge < -0.3 is 19.7 Å². The number of hydrogen-bond acceptors (Lipinski definition) is 6. The molecular formula is C25H36O6. The molecule has 172 valence electrons. The third-order valence-corrected chi connectivity index (χ3v) is 10.2. The molecule has 1 heterocycles. The number of carbonyl (C=O) groups excluding carboxylic acids is 2. The summed E-state index contributed by atoms with van der Waals surface area (Å²) in [5, 5.41) is 22.3. The van der Waals surface area contributed by atoms with Crippen molar-refractivity contribution < 1.29 is 29.3 Å². The highest BCUT2D eigenvalue weighted by atomic mass is 16.6. The Hall–Kier alpha value is -1.40. The Morgan fingerprint density at radius 3 is 2.61 bits per heavy atom. The molecule has 0 amide bonds. The molecule has 4 aliphatic carbocycles. The van der Waals surface area contributed by atoms with Gasteiger partial charge >= 0.3 is 11.9 Å². The minimum Gasteiger partial charge on any atom is -0.459 e. The van der Waals surface area contributed by atoms with Crippen LogP contribution in [-0.2, 0) is 19.1 Å². The molecule has 2 N–H and O–H groups in total. The Bertz CT molecular complexity index is 821. The van der Waals surface area contributed by atoms with Gasteiger partial charge in [-0.15, -0.1) is 0 Å². The van der Waals surface area contributed by atoms with Crippen LogP contribution in [0.5, 0.6) is 0 Å². The molecule has 0 bridgehead atoms. The van der Waals surface area contributed by atoms with Crippen molar-refractivity contribution in [2.75, 3.05) is 6.61 Å². The highest BCUT2D eigenvalue weighted by molar-refractivity contribution is 5.85. The molecule has 5 rings (SSSR count). The fourth-order valence-electron chi connectivity index (χ4n) is 8.78. The van der Waals surface area contributed by atoms with E-state index >= 15 is 0 Å². The topological polar surface area (TPSA) is 93.1 Å². The average Bonchev–Trinajstić information content (AvgIpc) is 3.26. The van der Waals surface area contributed by atoms with Crippen LogP contribution in [0.4, 0.5) is 0 Å². The van der Waals surface area contributed by atoms with Gasteiger partial charge in [0.2, 0.25) is 0 Å². The summed E-state index contributed by atoms with van der Waals surface area (Å²) >= 11 is 0. The van der Waals surface area contributed by atoms with Crippen LogP contribution < -0.4 is 0 Å². The van der Waals surface area contributed by atoms with Gasteiger partial charge in [-0.05, 0) is 79.6 Å². The van der Waals surface area contributed by atoms with Crippen molar-refractivity contribution in [1.29, 1.82) is 0 Å². The van der Waals surface area contributed by atoms with Crippen LogP contribution >= 0.6 is 0 Å². The van der Waals surface area contributed by atoms with Gasteiger partial charge in [-0.2, -0.15) is 0 Å². The highest BCUT2D eigenvalue weighted by Crippen LogP contribution is 2.69. The van der Waals surface area contributed by atoms with E-state index in [-0.39, 0.29) is 29.2 Å². The van der Waals surface area contributed by atoms with E-state index in [1.165, 1.54) is 6.92 Å². The minimum atomic E-state index is -1.18. The normalized spacial score (nSPS) is 51.3. The summed E-state index contributed by atoms with van der Waals surface area (Å²) in [4.78, 5) is 23.7. The molecule has 6 heteroatoms. The standard InChI is InChI=1S/C25H36O6/c1-14(26)31-21-11-17-19-5-4-18(15-10-22(28)30-13-15)23(19,2)8-7-20(17)24(3)9-6-16(27)12-25(21,24)29/h10,16-21,27,29H,4-9,11-13H2,1-3H3/t16-,17-,18+,19-,20-,21+,23+,24+,25-/m0/s1. The first-order valence-electron chi connectivity index (χ1n) is 12.0. The quantitative estimate of drug-likeness (QED) is 0.651. The van der Waals surface area contributed by atoms with Gasteiger partial charge in [0.1, 0.15) is 18.3 Å². The smallest absolute Gasteiger partial charge is 0.331 e. The van der Waals surface area contributed by atoms with Gasteiger partial charge in [0.15, 0.2) is 0 Å². The first-order chi connectivity index (χ1) is 14.6. The predicted octanol–water partition coefficient (Wildman–Crippen LogP) is 3.15. The van der Waals surface area contributed by atoms with E-state index in [0.717, 1.165) is 37.7 Å². The zero-order valence-electron chi connectivity index (χ0n) is 18.9. The van der Waals surface area contributed by atoms with Crippen LogP contribution in [0.2, 0.25) is 0 Å². The lowest BCUT2D eigenvalue weighted by atomic mass is 9.42. The molecule has 0 unspecified atom stereocenters. The first-order valence-corrected chi connectivity index (χ1v) is 12.0. The van der Waals surface area contributed by atoms with Crippen molar-refractivity contribution in [1.82, 2.24) is 0 Å². The second-order valence-corrected chi connectivity index (χ2v) is 11.5. The maximum Gasteiger partial charge on any atom is 0.331 e. The number of rotatable bonds is 2. The van der Waals surface area contributed by atoms with E-state index in [1.54, 1.807) is 6.08 Å². The minimum absolute atomic E-state index is 0.0990. The Morgan fingerprint density at radius 1 is 1.16 bits per heavy atom. The second-order valence-electron chi connectivity index (χ2n) is 11.5. The number of carbonyl (C=O) groups is 2. The van der Waals surface area contributed by atoms with Gasteiger partial charge in [0, 0.05) is 24.8 Å². The fourth-order valence-corrected chi connectivity index (χ4v) is 8.78. The molecule has 0 saturated heterocycles. The SMILES string of the molecule is CC(=O)O[C@@H]1C[C@H]2[C@@H]3CC[C@H](C4=CC(=O)OC4)[C@@]3(C)CC[C@@H]2[C@@]2(C)CC[C@H](O)C[C@]12O. The molecule has 31 heavy (non-hydrogen) atoms. The van der Waals surface area contributed by atoms with Crippen molar-refractivity contribution in [2.24, 2.45) is 34.5 Å². The molecule has 0 spiro atoms. The van der Waals surface area contributed by atoms with E-state index in [9.17, 15) is 19.8 Å². The summed E-state index contributed by atoms with van der Waals surface area (Å²) in [5.74, 6) is 0.963. The highest BCUT2D eigenvalue weighted by Gasteiger charge is 2.68. The number of aliphatic hydroxyl groups is 2. The van der Waals surface area contributed by atoms with E-state index in [4.69, 9.17) is 9.47 Å². The third-order valence-electron chi connectivity index (χ3n) is 10.2. The third kappa shape index (κ3) is 2.97. The van der Waals surface area contributed by atoms with Crippen LogP contribution in [-0.4, -0.2) is 46.6 Å². The maximum absolute atomic E-state index is 12.0. The lowest BCUT2D eigenvalue weighted by Crippen LogP contribution is -2.69. The van der Waals surface area contributed by atoms with E-state index in [1.807, 2.05) is 0 Å². The number of aliphatic hydroxyl groups excluding tert-OH is 1. The van der Waals surface area contributed by atoms with Crippen molar-refractivity contribution in [3.63, 3.8) is 0 Å². The van der Waals surface area contributed by atoms with Gasteiger partial charge in [-0.1, -0.05) is 13.8 Å². The summed E-state index contributed by atoms with van der Waals surface area (Å²) in [5.41, 5.74) is -0.316. The Morgan fingerprint density at radius 2 is 1.94 bits per heavy atom. The summed E-state index contributed by atoms with van der Waals surface area (Å²) in [6.07, 6.45) is 7.20. The molecule has 4 saturated carbocycles. The first kappa shape index (κ1) is 21.4. The summed E-state index contributed by atoms with van der Waals surface area (Å²) in [7, 11) is 0. The van der Waals surface area contributed by atoms with Gasteiger partial charge in [0.25, 0.3) is 0 Å². The lowest BCUT2D eigenvalue weighted by molar-refractivity contribution is -0.269. The molecule has 0 aromatic heterocycles. The van der Waals surface area contributed by atoms with Crippen LogP contribution in [0.25, 0.3) is 0 Å². The van der Waals surface area contributed by atoms with Gasteiger partial charge in [0.05, 0.1) is 6.10 Å². The Balaban J connectivity index is 1.50. The number of esters is 2. The van der Waals surface area contributed by atoms with Gasteiger partial charge in [-0.25, -0.2) is 4.79 Å². The number of ether oxygens (including phenoxy) is 2. The molecule has 1 aliphatic heterocycles. The van der Waals surface area contributed by atoms with Gasteiger partial charge in [-0.3, -0.25) is 4.79 Å². The Kier molecular flexibility index (Phi) is 4.88. The van der Waals surface area contributed by atoms with E-state index in [2.05, 4.69) is 13.8 Å². The largest absolute Gasteiger partial charge is 0.459 e. The molecule has 4 fully saturated rings. The van der Waals surface area contributed by atoms with E-state index in [0.29, 0.717) is 43.1 Å². The predicted molar refractivity (Wildman–Crippen MR) is 113 cm³/mol. The summed E-state index contributed by atoms with van der Waals surface area (Å²) in [6.45, 7) is 6.38. The molecule has 5 aliphatic rings. The zero-order chi connectivity index (χ0) is 22.2. The molecule has 0 aromatic rings.